The summed E-state index contributed by atoms with van der Waals surface area (Å²) in [6, 6.07) is 10.7. The molecule has 3 N–H and O–H groups in total. The summed E-state index contributed by atoms with van der Waals surface area (Å²) in [5.41, 5.74) is 6.15. The Hall–Kier alpha value is -1.35. The molecule has 0 aliphatic rings. The minimum atomic E-state index is -4.43. The molecule has 0 fully saturated rings. The summed E-state index contributed by atoms with van der Waals surface area (Å²) in [5, 5.41) is 3.06. The maximum absolute atomic E-state index is 12.7. The second-order valence-electron chi connectivity index (χ2n) is 4.23. The Morgan fingerprint density at radius 3 is 2.33 bits per heavy atom. The van der Waals surface area contributed by atoms with E-state index in [1.165, 1.54) is 6.07 Å². The molecule has 0 spiro atoms. The number of nitrogens with one attached hydrogen (secondary N) is 1. The molecule has 0 bridgehead atoms. The lowest BCUT2D eigenvalue weighted by Crippen LogP contribution is -2.15. The van der Waals surface area contributed by atoms with Crippen LogP contribution in [0, 0.1) is 3.57 Å². The fraction of sp³-hybridized carbons (Fsp3) is 0.0714. The molecule has 7 heteroatoms. The van der Waals surface area contributed by atoms with Crippen molar-refractivity contribution in [2.24, 2.45) is 5.73 Å². The molecule has 0 aliphatic carbocycles. The summed E-state index contributed by atoms with van der Waals surface area (Å²) in [6.07, 6.45) is -4.43. The number of anilines is 2. The summed E-state index contributed by atoms with van der Waals surface area (Å²) in [7, 11) is 0. The second kappa shape index (κ2) is 6.18. The molecule has 0 aromatic heterocycles. The van der Waals surface area contributed by atoms with E-state index in [1.54, 1.807) is 0 Å². The van der Waals surface area contributed by atoms with Crippen LogP contribution in [-0.2, 0) is 6.18 Å². The van der Waals surface area contributed by atoms with Crippen LogP contribution in [-0.4, -0.2) is 4.99 Å². The first-order chi connectivity index (χ1) is 9.79. The van der Waals surface area contributed by atoms with Crippen molar-refractivity contribution in [1.82, 2.24) is 0 Å². The zero-order valence-electron chi connectivity index (χ0n) is 10.5. The summed E-state index contributed by atoms with van der Waals surface area (Å²) in [5.74, 6) is 0. The number of para-hydroxylation sites is 1. The molecule has 0 saturated carbocycles. The highest BCUT2D eigenvalue weighted by molar-refractivity contribution is 14.1. The Bertz CT molecular complexity index is 686. The van der Waals surface area contributed by atoms with Crippen LogP contribution in [0.25, 0.3) is 0 Å². The Balaban J connectivity index is 2.45. The molecule has 0 atom stereocenters. The third-order valence-electron chi connectivity index (χ3n) is 2.76. The van der Waals surface area contributed by atoms with Gasteiger partial charge in [-0.05, 0) is 52.9 Å². The van der Waals surface area contributed by atoms with Gasteiger partial charge in [-0.15, -0.1) is 0 Å². The Morgan fingerprint density at radius 1 is 1.10 bits per heavy atom. The van der Waals surface area contributed by atoms with Crippen LogP contribution < -0.4 is 11.1 Å². The maximum atomic E-state index is 12.7. The largest absolute Gasteiger partial charge is 0.416 e. The van der Waals surface area contributed by atoms with E-state index in [0.29, 0.717) is 5.69 Å². The summed E-state index contributed by atoms with van der Waals surface area (Å²) in [4.78, 5) is -0.0884. The lowest BCUT2D eigenvalue weighted by atomic mass is 10.1. The lowest BCUT2D eigenvalue weighted by Gasteiger charge is -2.15. The van der Waals surface area contributed by atoms with E-state index in [0.717, 1.165) is 21.4 Å². The van der Waals surface area contributed by atoms with Crippen LogP contribution in [0.5, 0.6) is 0 Å². The number of rotatable bonds is 3. The molecular weight excluding hydrogens is 412 g/mol. The van der Waals surface area contributed by atoms with Crippen LogP contribution in [0.15, 0.2) is 42.5 Å². The van der Waals surface area contributed by atoms with Gasteiger partial charge in [-0.25, -0.2) is 0 Å². The average molecular weight is 422 g/mol. The van der Waals surface area contributed by atoms with Crippen molar-refractivity contribution in [2.45, 2.75) is 6.18 Å². The predicted molar refractivity (Wildman–Crippen MR) is 89.8 cm³/mol. The van der Waals surface area contributed by atoms with Gasteiger partial charge < -0.3 is 11.1 Å². The van der Waals surface area contributed by atoms with E-state index in [2.05, 4.69) is 27.9 Å². The minimum absolute atomic E-state index is 0.0884. The molecule has 0 unspecified atom stereocenters. The van der Waals surface area contributed by atoms with Gasteiger partial charge in [-0.1, -0.05) is 24.4 Å². The van der Waals surface area contributed by atoms with Crippen molar-refractivity contribution >= 4 is 51.2 Å². The van der Waals surface area contributed by atoms with Gasteiger partial charge in [-0.2, -0.15) is 13.2 Å². The van der Waals surface area contributed by atoms with E-state index < -0.39 is 11.7 Å². The molecule has 0 amide bonds. The van der Waals surface area contributed by atoms with Crippen LogP contribution in [0.3, 0.4) is 0 Å². The topological polar surface area (TPSA) is 38.0 Å². The maximum Gasteiger partial charge on any atom is 0.416 e. The highest BCUT2D eigenvalue weighted by Crippen LogP contribution is 2.33. The fourth-order valence-electron chi connectivity index (χ4n) is 1.74. The third kappa shape index (κ3) is 3.85. The number of nitrogens with two attached hydrogens (primary N) is 1. The molecule has 2 aromatic rings. The van der Waals surface area contributed by atoms with Crippen molar-refractivity contribution in [3.05, 3.63) is 57.2 Å². The molecule has 0 aliphatic heterocycles. The molecule has 0 radical (unpaired) electrons. The number of alkyl halides is 3. The number of thiocarbonyl (C=S) groups is 1. The Labute approximate surface area is 138 Å². The lowest BCUT2D eigenvalue weighted by molar-refractivity contribution is -0.137. The standard InChI is InChI=1S/C14H10F3IN2S/c15-14(16,17)8-5-6-11(9(7-8)13(19)21)20-12-4-2-1-3-10(12)18/h1-7,20H,(H2,19,21). The van der Waals surface area contributed by atoms with Crippen LogP contribution in [0.2, 0.25) is 0 Å². The fourth-order valence-corrected chi connectivity index (χ4v) is 2.43. The van der Waals surface area contributed by atoms with Crippen molar-refractivity contribution in [1.29, 1.82) is 0 Å². The van der Waals surface area contributed by atoms with Gasteiger partial charge in [0.05, 0.1) is 11.3 Å². The number of hydrogen-bond acceptors (Lipinski definition) is 2. The Morgan fingerprint density at radius 2 is 1.76 bits per heavy atom. The van der Waals surface area contributed by atoms with Crippen LogP contribution in [0.4, 0.5) is 24.5 Å². The zero-order chi connectivity index (χ0) is 15.6. The summed E-state index contributed by atoms with van der Waals surface area (Å²) < 4.78 is 39.2. The summed E-state index contributed by atoms with van der Waals surface area (Å²) in [6.45, 7) is 0. The van der Waals surface area contributed by atoms with Gasteiger partial charge >= 0.3 is 6.18 Å². The number of benzene rings is 2. The molecule has 21 heavy (non-hydrogen) atoms. The van der Waals surface area contributed by atoms with Gasteiger partial charge in [0.25, 0.3) is 0 Å². The first-order valence-corrected chi connectivity index (χ1v) is 7.30. The van der Waals surface area contributed by atoms with E-state index in [-0.39, 0.29) is 10.6 Å². The van der Waals surface area contributed by atoms with Crippen molar-refractivity contribution in [2.75, 3.05) is 5.32 Å². The molecule has 2 nitrogen and oxygen atoms in total. The average Bonchev–Trinajstić information content (AvgIpc) is 2.40. The second-order valence-corrected chi connectivity index (χ2v) is 5.83. The number of halogens is 4. The highest BCUT2D eigenvalue weighted by Gasteiger charge is 2.31. The van der Waals surface area contributed by atoms with Crippen molar-refractivity contribution in [3.8, 4) is 0 Å². The first kappa shape index (κ1) is 16.0. The minimum Gasteiger partial charge on any atom is -0.389 e. The normalized spacial score (nSPS) is 11.2. The van der Waals surface area contributed by atoms with Gasteiger partial charge in [-0.3, -0.25) is 0 Å². The van der Waals surface area contributed by atoms with Gasteiger partial charge in [0.1, 0.15) is 4.99 Å². The van der Waals surface area contributed by atoms with Crippen LogP contribution >= 0.6 is 34.8 Å². The summed E-state index contributed by atoms with van der Waals surface area (Å²) >= 11 is 6.98. The van der Waals surface area contributed by atoms with E-state index in [9.17, 15) is 13.2 Å². The number of hydrogen-bond donors (Lipinski definition) is 2. The molecule has 110 valence electrons. The zero-order valence-corrected chi connectivity index (χ0v) is 13.5. The van der Waals surface area contributed by atoms with Gasteiger partial charge in [0, 0.05) is 14.8 Å². The van der Waals surface area contributed by atoms with E-state index >= 15 is 0 Å². The smallest absolute Gasteiger partial charge is 0.389 e. The first-order valence-electron chi connectivity index (χ1n) is 5.81. The van der Waals surface area contributed by atoms with Crippen molar-refractivity contribution in [3.63, 3.8) is 0 Å². The predicted octanol–water partition coefficient (Wildman–Crippen LogP) is 4.69. The Kier molecular flexibility index (Phi) is 4.72. The highest BCUT2D eigenvalue weighted by atomic mass is 127. The molecular formula is C14H10F3IN2S. The van der Waals surface area contributed by atoms with Gasteiger partial charge in [0.15, 0.2) is 0 Å². The van der Waals surface area contributed by atoms with Gasteiger partial charge in [0.2, 0.25) is 0 Å². The van der Waals surface area contributed by atoms with Crippen LogP contribution in [0.1, 0.15) is 11.1 Å². The van der Waals surface area contributed by atoms with E-state index in [4.69, 9.17) is 18.0 Å². The molecule has 0 saturated heterocycles. The SMILES string of the molecule is NC(=S)c1cc(C(F)(F)F)ccc1Nc1ccccc1I. The molecule has 0 heterocycles. The quantitative estimate of drug-likeness (QED) is 0.557. The van der Waals surface area contributed by atoms with E-state index in [1.807, 2.05) is 24.3 Å². The van der Waals surface area contributed by atoms with Crippen molar-refractivity contribution < 1.29 is 13.2 Å². The molecule has 2 aromatic carbocycles. The third-order valence-corrected chi connectivity index (χ3v) is 3.92. The monoisotopic (exact) mass is 422 g/mol. The molecule has 2 rings (SSSR count).